The first-order chi connectivity index (χ1) is 13.6. The zero-order valence-electron chi connectivity index (χ0n) is 14.9. The number of nitrogens with zero attached hydrogens (tertiary/aromatic N) is 1. The number of rotatable bonds is 4. The van der Waals surface area contributed by atoms with E-state index >= 15 is 0 Å². The molecular formula is C22H17FN2O3. The summed E-state index contributed by atoms with van der Waals surface area (Å²) < 4.78 is 19.1. The highest BCUT2D eigenvalue weighted by atomic mass is 19.1. The first-order valence-corrected chi connectivity index (χ1v) is 8.79. The predicted octanol–water partition coefficient (Wildman–Crippen LogP) is 4.00. The van der Waals surface area contributed by atoms with Gasteiger partial charge in [0.1, 0.15) is 11.6 Å². The lowest BCUT2D eigenvalue weighted by atomic mass is 10.1. The van der Waals surface area contributed by atoms with E-state index in [1.165, 1.54) is 12.1 Å². The van der Waals surface area contributed by atoms with Gasteiger partial charge >= 0.3 is 0 Å². The minimum Gasteiger partial charge on any atom is -0.482 e. The molecule has 0 aromatic heterocycles. The van der Waals surface area contributed by atoms with Gasteiger partial charge in [0.25, 0.3) is 11.8 Å². The number of anilines is 2. The fraction of sp³-hybridized carbons (Fsp3) is 0.0909. The molecule has 0 spiro atoms. The van der Waals surface area contributed by atoms with Crippen LogP contribution in [0.2, 0.25) is 0 Å². The lowest BCUT2D eigenvalue weighted by Crippen LogP contribution is -2.38. The fourth-order valence-electron chi connectivity index (χ4n) is 3.03. The second kappa shape index (κ2) is 7.52. The number of fused-ring (bicyclic) bond motifs is 1. The third-order valence-electron chi connectivity index (χ3n) is 4.49. The Balaban J connectivity index is 1.49. The van der Waals surface area contributed by atoms with Gasteiger partial charge in [0, 0.05) is 5.56 Å². The average molecular weight is 376 g/mol. The molecule has 1 heterocycles. The summed E-state index contributed by atoms with van der Waals surface area (Å²) in [6.45, 7) is 0.370. The van der Waals surface area contributed by atoms with Crippen LogP contribution in [0.4, 0.5) is 15.8 Å². The smallest absolute Gasteiger partial charge is 0.265 e. The summed E-state index contributed by atoms with van der Waals surface area (Å²) in [7, 11) is 0. The van der Waals surface area contributed by atoms with Gasteiger partial charge in [-0.25, -0.2) is 4.39 Å². The first-order valence-electron chi connectivity index (χ1n) is 8.79. The molecule has 4 rings (SSSR count). The zero-order valence-corrected chi connectivity index (χ0v) is 14.9. The number of ether oxygens (including phenoxy) is 1. The third kappa shape index (κ3) is 3.57. The summed E-state index contributed by atoms with van der Waals surface area (Å²) in [6.07, 6.45) is 0. The van der Waals surface area contributed by atoms with Crippen molar-refractivity contribution >= 4 is 23.2 Å². The van der Waals surface area contributed by atoms with Crippen LogP contribution < -0.4 is 15.0 Å². The number of benzene rings is 3. The van der Waals surface area contributed by atoms with Crippen molar-refractivity contribution in [3.8, 4) is 5.75 Å². The summed E-state index contributed by atoms with van der Waals surface area (Å²) in [5.74, 6) is -0.343. The second-order valence-corrected chi connectivity index (χ2v) is 6.37. The molecule has 140 valence electrons. The number of amides is 2. The average Bonchev–Trinajstić information content (AvgIpc) is 2.72. The van der Waals surface area contributed by atoms with E-state index in [1.54, 1.807) is 41.3 Å². The van der Waals surface area contributed by atoms with Crippen molar-refractivity contribution in [3.63, 3.8) is 0 Å². The number of nitrogens with one attached hydrogen (secondary N) is 1. The van der Waals surface area contributed by atoms with Crippen molar-refractivity contribution in [3.05, 3.63) is 89.7 Å². The van der Waals surface area contributed by atoms with Crippen molar-refractivity contribution in [2.24, 2.45) is 0 Å². The number of para-hydroxylation sites is 3. The third-order valence-corrected chi connectivity index (χ3v) is 4.49. The van der Waals surface area contributed by atoms with E-state index < -0.39 is 11.7 Å². The molecule has 3 aromatic rings. The Kier molecular flexibility index (Phi) is 4.76. The number of hydrogen-bond acceptors (Lipinski definition) is 3. The van der Waals surface area contributed by atoms with Crippen molar-refractivity contribution < 1.29 is 18.7 Å². The van der Waals surface area contributed by atoms with Crippen LogP contribution in [-0.2, 0) is 11.3 Å². The highest BCUT2D eigenvalue weighted by Gasteiger charge is 2.25. The Hall–Kier alpha value is -3.67. The summed E-state index contributed by atoms with van der Waals surface area (Å²) >= 11 is 0. The Labute approximate surface area is 161 Å². The van der Waals surface area contributed by atoms with E-state index in [1.807, 2.05) is 24.3 Å². The molecule has 6 heteroatoms. The van der Waals surface area contributed by atoms with E-state index in [0.717, 1.165) is 11.3 Å². The lowest BCUT2D eigenvalue weighted by Gasteiger charge is -2.29. The largest absolute Gasteiger partial charge is 0.482 e. The summed E-state index contributed by atoms with van der Waals surface area (Å²) in [4.78, 5) is 26.3. The van der Waals surface area contributed by atoms with Crippen LogP contribution in [0.1, 0.15) is 15.9 Å². The topological polar surface area (TPSA) is 58.6 Å². The van der Waals surface area contributed by atoms with Crippen molar-refractivity contribution in [2.75, 3.05) is 16.8 Å². The molecule has 28 heavy (non-hydrogen) atoms. The number of halogens is 1. The number of hydrogen-bond donors (Lipinski definition) is 1. The van der Waals surface area contributed by atoms with Crippen LogP contribution in [0.3, 0.4) is 0 Å². The second-order valence-electron chi connectivity index (χ2n) is 6.37. The highest BCUT2D eigenvalue weighted by molar-refractivity contribution is 6.04. The molecule has 1 aliphatic heterocycles. The maximum absolute atomic E-state index is 13.7. The first kappa shape index (κ1) is 17.7. The molecule has 0 radical (unpaired) electrons. The van der Waals surface area contributed by atoms with Crippen LogP contribution in [0, 0.1) is 5.82 Å². The number of carbonyl (C=O) groups excluding carboxylic acids is 2. The van der Waals surface area contributed by atoms with Crippen LogP contribution in [0.25, 0.3) is 0 Å². The molecule has 3 aromatic carbocycles. The Morgan fingerprint density at radius 2 is 1.71 bits per heavy atom. The van der Waals surface area contributed by atoms with E-state index in [2.05, 4.69) is 5.32 Å². The molecule has 0 atom stereocenters. The standard InChI is InChI=1S/C22H17FN2O3/c23-17-5-1-2-6-18(17)24-22(27)16-11-9-15(10-12-16)13-25-19-7-3-4-8-20(19)28-14-21(25)26/h1-12H,13-14H2,(H,24,27). The van der Waals surface area contributed by atoms with E-state index in [0.29, 0.717) is 17.9 Å². The fourth-order valence-corrected chi connectivity index (χ4v) is 3.03. The van der Waals surface area contributed by atoms with E-state index in [-0.39, 0.29) is 18.2 Å². The number of carbonyl (C=O) groups is 2. The molecule has 2 amide bonds. The Bertz CT molecular complexity index is 1030. The normalized spacial score (nSPS) is 12.9. The maximum atomic E-state index is 13.7. The monoisotopic (exact) mass is 376 g/mol. The molecule has 1 aliphatic rings. The molecule has 0 fully saturated rings. The van der Waals surface area contributed by atoms with Crippen LogP contribution in [-0.4, -0.2) is 18.4 Å². The van der Waals surface area contributed by atoms with E-state index in [4.69, 9.17) is 4.74 Å². The molecule has 0 unspecified atom stereocenters. The van der Waals surface area contributed by atoms with Crippen molar-refractivity contribution in [2.45, 2.75) is 6.54 Å². The van der Waals surface area contributed by atoms with E-state index in [9.17, 15) is 14.0 Å². The molecule has 0 saturated heterocycles. The summed E-state index contributed by atoms with van der Waals surface area (Å²) in [6, 6.07) is 20.2. The molecule has 0 saturated carbocycles. The van der Waals surface area contributed by atoms with Gasteiger partial charge in [0.15, 0.2) is 6.61 Å². The van der Waals surface area contributed by atoms with Gasteiger partial charge in [-0.2, -0.15) is 0 Å². The van der Waals surface area contributed by atoms with Gasteiger partial charge in [0.05, 0.1) is 17.9 Å². The van der Waals surface area contributed by atoms with Gasteiger partial charge < -0.3 is 15.0 Å². The quantitative estimate of drug-likeness (QED) is 0.749. The SMILES string of the molecule is O=C(Nc1ccccc1F)c1ccc(CN2C(=O)COc3ccccc32)cc1. The molecule has 0 aliphatic carbocycles. The van der Waals surface area contributed by atoms with Gasteiger partial charge in [-0.05, 0) is 42.0 Å². The summed E-state index contributed by atoms with van der Waals surface area (Å²) in [5.41, 5.74) is 2.13. The van der Waals surface area contributed by atoms with Crippen LogP contribution >= 0.6 is 0 Å². The van der Waals surface area contributed by atoms with Gasteiger partial charge in [-0.15, -0.1) is 0 Å². The van der Waals surface area contributed by atoms with Crippen molar-refractivity contribution in [1.29, 1.82) is 0 Å². The highest BCUT2D eigenvalue weighted by Crippen LogP contribution is 2.32. The maximum Gasteiger partial charge on any atom is 0.265 e. The molecular weight excluding hydrogens is 359 g/mol. The summed E-state index contributed by atoms with van der Waals surface area (Å²) in [5, 5.41) is 2.55. The molecule has 1 N–H and O–H groups in total. The van der Waals surface area contributed by atoms with Gasteiger partial charge in [0.2, 0.25) is 0 Å². The minimum atomic E-state index is -0.489. The minimum absolute atomic E-state index is 0.000141. The zero-order chi connectivity index (χ0) is 19.5. The molecule has 0 bridgehead atoms. The Morgan fingerprint density at radius 1 is 1.00 bits per heavy atom. The molecule has 5 nitrogen and oxygen atoms in total. The van der Waals surface area contributed by atoms with Crippen LogP contribution in [0.15, 0.2) is 72.8 Å². The van der Waals surface area contributed by atoms with Gasteiger partial charge in [-0.1, -0.05) is 36.4 Å². The lowest BCUT2D eigenvalue weighted by molar-refractivity contribution is -0.121. The van der Waals surface area contributed by atoms with Gasteiger partial charge in [-0.3, -0.25) is 9.59 Å². The Morgan fingerprint density at radius 3 is 2.50 bits per heavy atom. The predicted molar refractivity (Wildman–Crippen MR) is 104 cm³/mol. The van der Waals surface area contributed by atoms with Crippen molar-refractivity contribution in [1.82, 2.24) is 0 Å². The van der Waals surface area contributed by atoms with Crippen LogP contribution in [0.5, 0.6) is 5.75 Å².